The van der Waals surface area contributed by atoms with Gasteiger partial charge in [0.1, 0.15) is 6.10 Å². The SMILES string of the molecule is Cc1ccc(C#CC2=C(C#Cc3ccc(C)cc3)C(c3ccccc3)OC2)cc1. The molecule has 29 heavy (non-hydrogen) atoms. The van der Waals surface area contributed by atoms with Crippen LogP contribution in [0, 0.1) is 37.5 Å². The number of aryl methyl sites for hydroxylation is 2. The molecular formula is C28H22O. The van der Waals surface area contributed by atoms with Gasteiger partial charge in [0, 0.05) is 22.3 Å². The Labute approximate surface area is 173 Å². The van der Waals surface area contributed by atoms with Crippen molar-refractivity contribution in [1.29, 1.82) is 0 Å². The third kappa shape index (κ3) is 4.67. The minimum absolute atomic E-state index is 0.170. The highest BCUT2D eigenvalue weighted by Gasteiger charge is 2.26. The Morgan fingerprint density at radius 3 is 1.79 bits per heavy atom. The van der Waals surface area contributed by atoms with E-state index >= 15 is 0 Å². The van der Waals surface area contributed by atoms with E-state index in [1.54, 1.807) is 0 Å². The van der Waals surface area contributed by atoms with E-state index in [9.17, 15) is 0 Å². The molecule has 0 saturated carbocycles. The van der Waals surface area contributed by atoms with Crippen LogP contribution in [0.25, 0.3) is 0 Å². The summed E-state index contributed by atoms with van der Waals surface area (Å²) < 4.78 is 6.10. The van der Waals surface area contributed by atoms with Gasteiger partial charge in [-0.3, -0.25) is 0 Å². The van der Waals surface area contributed by atoms with Crippen LogP contribution < -0.4 is 0 Å². The van der Waals surface area contributed by atoms with Gasteiger partial charge in [-0.2, -0.15) is 0 Å². The zero-order valence-electron chi connectivity index (χ0n) is 16.7. The molecule has 0 bridgehead atoms. The van der Waals surface area contributed by atoms with Crippen molar-refractivity contribution in [1.82, 2.24) is 0 Å². The molecule has 0 saturated heterocycles. The van der Waals surface area contributed by atoms with Gasteiger partial charge in [0.2, 0.25) is 0 Å². The number of rotatable bonds is 1. The van der Waals surface area contributed by atoms with E-state index in [0.29, 0.717) is 6.61 Å². The maximum Gasteiger partial charge on any atom is 0.117 e. The highest BCUT2D eigenvalue weighted by atomic mass is 16.5. The third-order valence-corrected chi connectivity index (χ3v) is 4.89. The second-order valence-corrected chi connectivity index (χ2v) is 7.23. The molecule has 140 valence electrons. The summed E-state index contributed by atoms with van der Waals surface area (Å²) in [4.78, 5) is 0. The zero-order chi connectivity index (χ0) is 20.1. The number of ether oxygens (including phenoxy) is 1. The average molecular weight is 374 g/mol. The van der Waals surface area contributed by atoms with Gasteiger partial charge < -0.3 is 4.74 Å². The van der Waals surface area contributed by atoms with Crippen molar-refractivity contribution in [3.8, 4) is 23.7 Å². The Morgan fingerprint density at radius 2 is 1.21 bits per heavy atom. The maximum atomic E-state index is 6.10. The lowest BCUT2D eigenvalue weighted by Crippen LogP contribution is -1.99. The van der Waals surface area contributed by atoms with Gasteiger partial charge in [-0.1, -0.05) is 89.4 Å². The number of benzene rings is 3. The third-order valence-electron chi connectivity index (χ3n) is 4.89. The molecular weight excluding hydrogens is 352 g/mol. The molecule has 1 aliphatic heterocycles. The minimum atomic E-state index is -0.170. The lowest BCUT2D eigenvalue weighted by atomic mass is 9.99. The van der Waals surface area contributed by atoms with E-state index in [1.165, 1.54) is 11.1 Å². The molecule has 0 spiro atoms. The van der Waals surface area contributed by atoms with Gasteiger partial charge in [-0.25, -0.2) is 0 Å². The molecule has 1 heterocycles. The lowest BCUT2D eigenvalue weighted by Gasteiger charge is -2.10. The summed E-state index contributed by atoms with van der Waals surface area (Å²) >= 11 is 0. The summed E-state index contributed by atoms with van der Waals surface area (Å²) in [5, 5.41) is 0. The van der Waals surface area contributed by atoms with Crippen LogP contribution >= 0.6 is 0 Å². The van der Waals surface area contributed by atoms with Crippen molar-refractivity contribution in [3.63, 3.8) is 0 Å². The van der Waals surface area contributed by atoms with E-state index in [4.69, 9.17) is 4.74 Å². The monoisotopic (exact) mass is 374 g/mol. The number of hydrogen-bond donors (Lipinski definition) is 0. The summed E-state index contributed by atoms with van der Waals surface area (Å²) in [6.07, 6.45) is -0.170. The van der Waals surface area contributed by atoms with Crippen molar-refractivity contribution >= 4 is 0 Å². The van der Waals surface area contributed by atoms with Crippen LogP contribution in [-0.4, -0.2) is 6.61 Å². The fraction of sp³-hybridized carbons (Fsp3) is 0.143. The van der Waals surface area contributed by atoms with Crippen molar-refractivity contribution in [2.75, 3.05) is 6.61 Å². The summed E-state index contributed by atoms with van der Waals surface area (Å²) in [5.74, 6) is 13.2. The van der Waals surface area contributed by atoms with Gasteiger partial charge in [0.05, 0.1) is 6.61 Å². The van der Waals surface area contributed by atoms with Crippen molar-refractivity contribution in [2.45, 2.75) is 20.0 Å². The molecule has 1 heteroatoms. The number of hydrogen-bond acceptors (Lipinski definition) is 1. The molecule has 1 nitrogen and oxygen atoms in total. The molecule has 0 fully saturated rings. The first kappa shape index (κ1) is 18.8. The predicted molar refractivity (Wildman–Crippen MR) is 118 cm³/mol. The Bertz CT molecular complexity index is 1140. The van der Waals surface area contributed by atoms with Gasteiger partial charge in [0.25, 0.3) is 0 Å². The Balaban J connectivity index is 1.72. The first-order valence-electron chi connectivity index (χ1n) is 9.76. The summed E-state index contributed by atoms with van der Waals surface area (Å²) in [5.41, 5.74) is 7.46. The van der Waals surface area contributed by atoms with Crippen LogP contribution in [-0.2, 0) is 4.74 Å². The lowest BCUT2D eigenvalue weighted by molar-refractivity contribution is 0.124. The topological polar surface area (TPSA) is 9.23 Å². The molecule has 1 aliphatic rings. The van der Waals surface area contributed by atoms with Crippen LogP contribution in [0.2, 0.25) is 0 Å². The fourth-order valence-corrected chi connectivity index (χ4v) is 3.18. The quantitative estimate of drug-likeness (QED) is 0.491. The molecule has 0 aliphatic carbocycles. The summed E-state index contributed by atoms with van der Waals surface area (Å²) in [6.45, 7) is 4.64. The largest absolute Gasteiger partial charge is 0.363 e. The summed E-state index contributed by atoms with van der Waals surface area (Å²) in [7, 11) is 0. The standard InChI is InChI=1S/C28H22O/c1-21-8-12-23(13-9-21)16-18-26-20-29-28(25-6-4-3-5-7-25)27(26)19-17-24-14-10-22(2)11-15-24/h3-15,28H,20H2,1-2H3. The smallest absolute Gasteiger partial charge is 0.117 e. The van der Waals surface area contributed by atoms with E-state index in [1.807, 2.05) is 42.5 Å². The maximum absolute atomic E-state index is 6.10. The minimum Gasteiger partial charge on any atom is -0.363 e. The first-order valence-corrected chi connectivity index (χ1v) is 9.76. The molecule has 0 aromatic heterocycles. The van der Waals surface area contributed by atoms with Crippen LogP contribution in [0.4, 0.5) is 0 Å². The van der Waals surface area contributed by atoms with Gasteiger partial charge in [-0.15, -0.1) is 0 Å². The average Bonchev–Trinajstić information content (AvgIpc) is 3.16. The van der Waals surface area contributed by atoms with Crippen molar-refractivity contribution in [3.05, 3.63) is 118 Å². The zero-order valence-corrected chi connectivity index (χ0v) is 16.7. The Hall–Kier alpha value is -3.52. The highest BCUT2D eigenvalue weighted by molar-refractivity contribution is 5.55. The highest BCUT2D eigenvalue weighted by Crippen LogP contribution is 2.33. The fourth-order valence-electron chi connectivity index (χ4n) is 3.18. The Morgan fingerprint density at radius 1 is 0.655 bits per heavy atom. The second-order valence-electron chi connectivity index (χ2n) is 7.23. The van der Waals surface area contributed by atoms with Crippen LogP contribution in [0.3, 0.4) is 0 Å². The van der Waals surface area contributed by atoms with Gasteiger partial charge in [-0.05, 0) is 43.7 Å². The van der Waals surface area contributed by atoms with E-state index in [-0.39, 0.29) is 6.10 Å². The van der Waals surface area contributed by atoms with E-state index in [0.717, 1.165) is 27.8 Å². The van der Waals surface area contributed by atoms with Crippen LogP contribution in [0.15, 0.2) is 90.0 Å². The molecule has 3 aromatic carbocycles. The molecule has 1 atom stereocenters. The Kier molecular flexibility index (Phi) is 5.62. The first-order chi connectivity index (χ1) is 14.2. The van der Waals surface area contributed by atoms with E-state index in [2.05, 4.69) is 73.9 Å². The van der Waals surface area contributed by atoms with E-state index < -0.39 is 0 Å². The second kappa shape index (κ2) is 8.66. The molecule has 3 aromatic rings. The van der Waals surface area contributed by atoms with Crippen molar-refractivity contribution < 1.29 is 4.74 Å². The molecule has 1 unspecified atom stereocenters. The van der Waals surface area contributed by atoms with Crippen LogP contribution in [0.5, 0.6) is 0 Å². The van der Waals surface area contributed by atoms with Crippen molar-refractivity contribution in [2.24, 2.45) is 0 Å². The molecule has 0 amide bonds. The normalized spacial score (nSPS) is 15.3. The van der Waals surface area contributed by atoms with Gasteiger partial charge in [0.15, 0.2) is 0 Å². The molecule has 0 radical (unpaired) electrons. The van der Waals surface area contributed by atoms with Gasteiger partial charge >= 0.3 is 0 Å². The molecule has 0 N–H and O–H groups in total. The summed E-state index contributed by atoms with van der Waals surface area (Å²) in [6, 6.07) is 26.7. The molecule has 4 rings (SSSR count). The van der Waals surface area contributed by atoms with Crippen LogP contribution in [0.1, 0.15) is 33.9 Å². The predicted octanol–water partition coefficient (Wildman–Crippen LogP) is 5.77.